The third kappa shape index (κ3) is 2.80. The predicted molar refractivity (Wildman–Crippen MR) is 64.7 cm³/mol. The Balaban J connectivity index is 2.37. The summed E-state index contributed by atoms with van der Waals surface area (Å²) in [4.78, 5) is 18.7. The quantitative estimate of drug-likeness (QED) is 0.943. The first-order valence-corrected chi connectivity index (χ1v) is 5.60. The van der Waals surface area contributed by atoms with Crippen LogP contribution in [-0.4, -0.2) is 15.9 Å². The molecule has 0 spiro atoms. The van der Waals surface area contributed by atoms with Crippen molar-refractivity contribution < 1.29 is 13.9 Å². The maximum Gasteiger partial charge on any atom is 0.272 e. The van der Waals surface area contributed by atoms with Crippen molar-refractivity contribution in [2.75, 3.05) is 0 Å². The lowest BCUT2D eigenvalue weighted by molar-refractivity contribution is 0.0992. The summed E-state index contributed by atoms with van der Waals surface area (Å²) in [5.74, 6) is -1.13. The van der Waals surface area contributed by atoms with Crippen LogP contribution >= 0.6 is 15.9 Å². The van der Waals surface area contributed by atoms with E-state index >= 15 is 0 Å². The Morgan fingerprint density at radius 2 is 2.00 bits per heavy atom. The Kier molecular flexibility index (Phi) is 3.52. The van der Waals surface area contributed by atoms with Gasteiger partial charge < -0.3 is 10.5 Å². The lowest BCUT2D eigenvalue weighted by Gasteiger charge is -2.07. The van der Waals surface area contributed by atoms with E-state index in [-0.39, 0.29) is 17.3 Å². The average molecular weight is 312 g/mol. The number of amides is 1. The van der Waals surface area contributed by atoms with E-state index in [1.54, 1.807) is 0 Å². The van der Waals surface area contributed by atoms with Gasteiger partial charge in [0.15, 0.2) is 5.69 Å². The highest BCUT2D eigenvalue weighted by Gasteiger charge is 2.13. The van der Waals surface area contributed by atoms with Gasteiger partial charge in [-0.1, -0.05) is 15.9 Å². The van der Waals surface area contributed by atoms with Crippen LogP contribution in [0.4, 0.5) is 4.39 Å². The normalized spacial score (nSPS) is 10.1. The second kappa shape index (κ2) is 5.09. The van der Waals surface area contributed by atoms with Crippen molar-refractivity contribution in [1.82, 2.24) is 9.97 Å². The van der Waals surface area contributed by atoms with Crippen molar-refractivity contribution in [2.24, 2.45) is 5.73 Å². The smallest absolute Gasteiger partial charge is 0.272 e. The summed E-state index contributed by atoms with van der Waals surface area (Å²) in [6.07, 6.45) is 2.66. The number of primary amides is 1. The number of aromatic nitrogens is 2. The van der Waals surface area contributed by atoms with Crippen LogP contribution in [0.5, 0.6) is 11.6 Å². The summed E-state index contributed by atoms with van der Waals surface area (Å²) in [6, 6.07) is 3.96. The number of ether oxygens (including phenoxy) is 1. The molecule has 0 bridgehead atoms. The Morgan fingerprint density at radius 1 is 1.28 bits per heavy atom. The number of rotatable bonds is 3. The molecule has 2 rings (SSSR count). The van der Waals surface area contributed by atoms with Gasteiger partial charge in [0.2, 0.25) is 0 Å². The molecule has 1 amide bonds. The van der Waals surface area contributed by atoms with E-state index in [2.05, 4.69) is 25.9 Å². The van der Waals surface area contributed by atoms with Crippen LogP contribution < -0.4 is 10.5 Å². The van der Waals surface area contributed by atoms with Crippen molar-refractivity contribution >= 4 is 21.8 Å². The van der Waals surface area contributed by atoms with Gasteiger partial charge in [0.25, 0.3) is 11.8 Å². The summed E-state index contributed by atoms with van der Waals surface area (Å²) in [5, 5.41) is 0. The van der Waals surface area contributed by atoms with Gasteiger partial charge in [0, 0.05) is 22.9 Å². The fourth-order valence-electron chi connectivity index (χ4n) is 1.27. The molecule has 2 N–H and O–H groups in total. The number of nitrogens with zero attached hydrogens (tertiary/aromatic N) is 2. The lowest BCUT2D eigenvalue weighted by Crippen LogP contribution is -2.14. The van der Waals surface area contributed by atoms with Crippen molar-refractivity contribution in [2.45, 2.75) is 0 Å². The van der Waals surface area contributed by atoms with E-state index in [0.29, 0.717) is 4.47 Å². The van der Waals surface area contributed by atoms with E-state index < -0.39 is 11.7 Å². The molecular formula is C11H7BrFN3O2. The molecule has 0 saturated carbocycles. The Morgan fingerprint density at radius 3 is 2.67 bits per heavy atom. The van der Waals surface area contributed by atoms with Gasteiger partial charge in [0.05, 0.1) is 0 Å². The van der Waals surface area contributed by atoms with Gasteiger partial charge in [-0.25, -0.2) is 14.4 Å². The number of hydrogen-bond donors (Lipinski definition) is 1. The molecule has 0 radical (unpaired) electrons. The topological polar surface area (TPSA) is 78.1 Å². The number of halogens is 2. The molecule has 1 aromatic heterocycles. The average Bonchev–Trinajstić information content (AvgIpc) is 2.27. The second-order valence-electron chi connectivity index (χ2n) is 3.28. The van der Waals surface area contributed by atoms with E-state index in [1.807, 2.05) is 0 Å². The molecule has 0 fully saturated rings. The van der Waals surface area contributed by atoms with E-state index in [1.165, 1.54) is 24.5 Å². The van der Waals surface area contributed by atoms with Crippen LogP contribution in [0.1, 0.15) is 10.5 Å². The van der Waals surface area contributed by atoms with Crippen molar-refractivity contribution in [3.8, 4) is 11.6 Å². The maximum absolute atomic E-state index is 13.2. The largest absolute Gasteiger partial charge is 0.437 e. The number of carbonyl (C=O) groups is 1. The predicted octanol–water partition coefficient (Wildman–Crippen LogP) is 2.27. The lowest BCUT2D eigenvalue weighted by atomic mass is 10.3. The number of benzene rings is 1. The van der Waals surface area contributed by atoms with E-state index in [0.717, 1.165) is 6.07 Å². The molecule has 7 heteroatoms. The first kappa shape index (κ1) is 12.4. The molecule has 0 unspecified atom stereocenters. The summed E-state index contributed by atoms with van der Waals surface area (Å²) in [5.41, 5.74) is 5.01. The first-order chi connectivity index (χ1) is 8.56. The van der Waals surface area contributed by atoms with Gasteiger partial charge >= 0.3 is 0 Å². The van der Waals surface area contributed by atoms with Crippen LogP contribution in [0, 0.1) is 5.82 Å². The zero-order chi connectivity index (χ0) is 13.1. The van der Waals surface area contributed by atoms with Gasteiger partial charge in [-0.15, -0.1) is 0 Å². The van der Waals surface area contributed by atoms with Crippen LogP contribution in [0.3, 0.4) is 0 Å². The maximum atomic E-state index is 13.2. The fraction of sp³-hybridized carbons (Fsp3) is 0. The third-order valence-corrected chi connectivity index (χ3v) is 2.41. The van der Waals surface area contributed by atoms with Crippen LogP contribution in [-0.2, 0) is 0 Å². The number of carbonyl (C=O) groups excluding carboxylic acids is 1. The molecule has 92 valence electrons. The van der Waals surface area contributed by atoms with Crippen molar-refractivity contribution in [3.63, 3.8) is 0 Å². The van der Waals surface area contributed by atoms with Gasteiger partial charge in [0.1, 0.15) is 11.6 Å². The van der Waals surface area contributed by atoms with Crippen LogP contribution in [0.2, 0.25) is 0 Å². The van der Waals surface area contributed by atoms with Crippen LogP contribution in [0.15, 0.2) is 35.1 Å². The molecule has 2 aromatic rings. The second-order valence-corrected chi connectivity index (χ2v) is 4.20. The van der Waals surface area contributed by atoms with Crippen molar-refractivity contribution in [3.05, 3.63) is 46.6 Å². The molecule has 0 aliphatic heterocycles. The molecule has 0 aliphatic carbocycles. The van der Waals surface area contributed by atoms with Gasteiger partial charge in [-0.3, -0.25) is 4.79 Å². The molecule has 1 heterocycles. The van der Waals surface area contributed by atoms with Crippen LogP contribution in [0.25, 0.3) is 0 Å². The monoisotopic (exact) mass is 311 g/mol. The molecule has 1 aromatic carbocycles. The fourth-order valence-corrected chi connectivity index (χ4v) is 1.71. The SMILES string of the molecule is NC(=O)c1nccnc1Oc1cc(F)cc(Br)c1. The summed E-state index contributed by atoms with van der Waals surface area (Å²) >= 11 is 3.13. The minimum Gasteiger partial charge on any atom is -0.437 e. The molecule has 0 saturated heterocycles. The summed E-state index contributed by atoms with van der Waals surface area (Å²) in [6.45, 7) is 0. The molecule has 5 nitrogen and oxygen atoms in total. The molecule has 0 atom stereocenters. The molecular weight excluding hydrogens is 305 g/mol. The highest BCUT2D eigenvalue weighted by molar-refractivity contribution is 9.10. The first-order valence-electron chi connectivity index (χ1n) is 4.81. The number of nitrogens with two attached hydrogens (primary N) is 1. The van der Waals surface area contributed by atoms with Gasteiger partial charge in [-0.2, -0.15) is 0 Å². The zero-order valence-electron chi connectivity index (χ0n) is 8.93. The Labute approximate surface area is 110 Å². The molecule has 18 heavy (non-hydrogen) atoms. The minimum atomic E-state index is -0.770. The highest BCUT2D eigenvalue weighted by Crippen LogP contribution is 2.25. The standard InChI is InChI=1S/C11H7BrFN3O2/c12-6-3-7(13)5-8(4-6)18-11-9(10(14)17)15-1-2-16-11/h1-5H,(H2,14,17). The van der Waals surface area contributed by atoms with Crippen molar-refractivity contribution in [1.29, 1.82) is 0 Å². The third-order valence-electron chi connectivity index (χ3n) is 1.95. The Bertz CT molecular complexity index is 586. The molecule has 0 aliphatic rings. The highest BCUT2D eigenvalue weighted by atomic mass is 79.9. The Hall–Kier alpha value is -2.02. The number of hydrogen-bond acceptors (Lipinski definition) is 4. The summed E-state index contributed by atoms with van der Waals surface area (Å²) < 4.78 is 18.9. The summed E-state index contributed by atoms with van der Waals surface area (Å²) in [7, 11) is 0. The zero-order valence-corrected chi connectivity index (χ0v) is 10.5. The van der Waals surface area contributed by atoms with E-state index in [9.17, 15) is 9.18 Å². The van der Waals surface area contributed by atoms with E-state index in [4.69, 9.17) is 10.5 Å². The van der Waals surface area contributed by atoms with Gasteiger partial charge in [-0.05, 0) is 12.1 Å². The minimum absolute atomic E-state index is 0.0671.